The van der Waals surface area contributed by atoms with Gasteiger partial charge in [-0.05, 0) is 103 Å². The molecule has 1 unspecified atom stereocenters. The zero-order valence-corrected chi connectivity index (χ0v) is 27.2. The summed E-state index contributed by atoms with van der Waals surface area (Å²) in [7, 11) is 2.03. The molecule has 1 atom stereocenters. The summed E-state index contributed by atoms with van der Waals surface area (Å²) in [6, 6.07) is 8.16. The van der Waals surface area contributed by atoms with Crippen molar-refractivity contribution in [3.8, 4) is 0 Å². The molecule has 5 rings (SSSR count). The number of hydrogen-bond acceptors (Lipinski definition) is 8. The molecule has 11 heteroatoms. The van der Waals surface area contributed by atoms with Crippen LogP contribution in [0, 0.1) is 6.92 Å². The highest BCUT2D eigenvalue weighted by atomic mass is 19.1. The summed E-state index contributed by atoms with van der Waals surface area (Å²) in [6.07, 6.45) is 9.33. The van der Waals surface area contributed by atoms with Crippen molar-refractivity contribution in [3.63, 3.8) is 0 Å². The zero-order valence-electron chi connectivity index (χ0n) is 27.2. The summed E-state index contributed by atoms with van der Waals surface area (Å²) in [5, 5.41) is 23.0. The van der Waals surface area contributed by atoms with E-state index in [0.717, 1.165) is 61.9 Å². The molecule has 2 amide bonds. The number of fused-ring (bicyclic) bond motifs is 2. The molecule has 3 aliphatic rings. The second-order valence-corrected chi connectivity index (χ2v) is 13.9. The molecule has 0 spiro atoms. The zero-order chi connectivity index (χ0) is 32.4. The van der Waals surface area contributed by atoms with E-state index in [0.29, 0.717) is 24.1 Å². The number of likely N-dealkylation sites (N-methyl/N-ethyl adjacent to an activating group) is 1. The molecular weight excluding hydrogens is 573 g/mol. The minimum absolute atomic E-state index is 0.0658. The Labute approximate surface area is 265 Å². The van der Waals surface area contributed by atoms with E-state index in [1.807, 2.05) is 45.2 Å². The first-order valence-electron chi connectivity index (χ1n) is 16.1. The van der Waals surface area contributed by atoms with Crippen molar-refractivity contribution < 1.29 is 19.1 Å². The molecule has 0 radical (unpaired) electrons. The van der Waals surface area contributed by atoms with Gasteiger partial charge < -0.3 is 26.4 Å². The van der Waals surface area contributed by atoms with E-state index < -0.39 is 17.7 Å². The van der Waals surface area contributed by atoms with E-state index in [-0.39, 0.29) is 29.1 Å². The van der Waals surface area contributed by atoms with Gasteiger partial charge in [0.15, 0.2) is 0 Å². The standard InChI is InChI=1S/C34H48FN7O3/c1-6-36-26-11-10-23(16-22(26)2)39-29-17-27(25(18-37-29)31(44)38-19-28(35)32(3,4)45)40-33-12-14-34(21-33,15-13-33)41-30(43)20-42(5)24-8-7-9-24/h6,10-11,16-18,24,28,45H,7-9,12-15,19-21H2,1-5H3,(H,38,44)(H,41,43)(H2,37,39,40). The number of benzene rings is 1. The first kappa shape index (κ1) is 32.8. The fraction of sp³-hybridized carbons (Fsp3) is 0.588. The number of aryl methyl sites for hydroxylation is 1. The number of alkyl halides is 1. The second-order valence-electron chi connectivity index (χ2n) is 13.9. The summed E-state index contributed by atoms with van der Waals surface area (Å²) in [4.78, 5) is 37.4. The maximum absolute atomic E-state index is 14.5. The van der Waals surface area contributed by atoms with Crippen LogP contribution < -0.4 is 21.3 Å². The van der Waals surface area contributed by atoms with Crippen molar-refractivity contribution in [2.45, 2.75) is 108 Å². The van der Waals surface area contributed by atoms with Gasteiger partial charge >= 0.3 is 0 Å². The minimum atomic E-state index is -1.63. The Bertz CT molecular complexity index is 1430. The van der Waals surface area contributed by atoms with Crippen molar-refractivity contribution in [1.82, 2.24) is 20.5 Å². The average molecular weight is 622 g/mol. The quantitative estimate of drug-likeness (QED) is 0.195. The molecule has 244 valence electrons. The highest BCUT2D eigenvalue weighted by molar-refractivity contribution is 6.00. The lowest BCUT2D eigenvalue weighted by Crippen LogP contribution is -2.50. The predicted molar refractivity (Wildman–Crippen MR) is 177 cm³/mol. The molecule has 2 bridgehead atoms. The summed E-state index contributed by atoms with van der Waals surface area (Å²) < 4.78 is 14.5. The van der Waals surface area contributed by atoms with E-state index in [4.69, 9.17) is 0 Å². The third kappa shape index (κ3) is 7.64. The highest BCUT2D eigenvalue weighted by Crippen LogP contribution is 2.52. The second kappa shape index (κ2) is 13.0. The molecule has 1 aromatic heterocycles. The molecule has 0 aliphatic heterocycles. The molecule has 3 aliphatic carbocycles. The molecular formula is C34H48FN7O3. The lowest BCUT2D eigenvalue weighted by molar-refractivity contribution is -0.124. The number of halogens is 1. The predicted octanol–water partition coefficient (Wildman–Crippen LogP) is 5.16. The molecule has 5 N–H and O–H groups in total. The maximum Gasteiger partial charge on any atom is 0.255 e. The Kier molecular flexibility index (Phi) is 9.51. The van der Waals surface area contributed by atoms with Gasteiger partial charge in [0.1, 0.15) is 12.0 Å². The van der Waals surface area contributed by atoms with E-state index in [9.17, 15) is 19.1 Å². The molecule has 1 heterocycles. The molecule has 1 aromatic carbocycles. The average Bonchev–Trinajstić information content (AvgIpc) is 3.46. The summed E-state index contributed by atoms with van der Waals surface area (Å²) in [5.74, 6) is 0.134. The van der Waals surface area contributed by atoms with Crippen molar-refractivity contribution in [3.05, 3.63) is 41.6 Å². The SMILES string of the molecule is CC=Nc1ccc(Nc2cc(NC34CCC(NC(=O)CN(C)C5CCC5)(CC3)C4)c(C(=O)NCC(F)C(C)(C)O)cn2)cc1C. The van der Waals surface area contributed by atoms with Gasteiger partial charge in [-0.3, -0.25) is 19.5 Å². The Balaban J connectivity index is 1.34. The minimum Gasteiger partial charge on any atom is -0.387 e. The third-order valence-corrected chi connectivity index (χ3v) is 9.83. The number of carbonyl (C=O) groups is 2. The van der Waals surface area contributed by atoms with Crippen molar-refractivity contribution in [1.29, 1.82) is 0 Å². The van der Waals surface area contributed by atoms with Crippen LogP contribution in [-0.2, 0) is 4.79 Å². The van der Waals surface area contributed by atoms with E-state index in [2.05, 4.69) is 36.1 Å². The van der Waals surface area contributed by atoms with Crippen LogP contribution in [-0.4, -0.2) is 82.0 Å². The van der Waals surface area contributed by atoms with Gasteiger partial charge in [0.2, 0.25) is 5.91 Å². The van der Waals surface area contributed by atoms with Crippen molar-refractivity contribution >= 4 is 40.9 Å². The van der Waals surface area contributed by atoms with Gasteiger partial charge in [-0.2, -0.15) is 0 Å². The van der Waals surface area contributed by atoms with Gasteiger partial charge in [0, 0.05) is 41.3 Å². The van der Waals surface area contributed by atoms with Gasteiger partial charge in [-0.25, -0.2) is 9.37 Å². The maximum atomic E-state index is 14.5. The molecule has 45 heavy (non-hydrogen) atoms. The largest absolute Gasteiger partial charge is 0.387 e. The number of amides is 2. The highest BCUT2D eigenvalue weighted by Gasteiger charge is 2.55. The number of aliphatic hydroxyl groups is 1. The number of rotatable bonds is 13. The Morgan fingerprint density at radius 1 is 1.20 bits per heavy atom. The van der Waals surface area contributed by atoms with Gasteiger partial charge in [-0.1, -0.05) is 6.42 Å². The van der Waals surface area contributed by atoms with Crippen LogP contribution >= 0.6 is 0 Å². The normalized spacial score (nSPS) is 23.6. The smallest absolute Gasteiger partial charge is 0.255 e. The van der Waals surface area contributed by atoms with Crippen LogP contribution in [0.4, 0.5) is 27.3 Å². The number of aromatic nitrogens is 1. The molecule has 2 aromatic rings. The lowest BCUT2D eigenvalue weighted by atomic mass is 9.90. The van der Waals surface area contributed by atoms with Gasteiger partial charge in [-0.15, -0.1) is 0 Å². The Hall–Kier alpha value is -3.57. The summed E-state index contributed by atoms with van der Waals surface area (Å²) in [6.45, 7) is 6.68. The topological polar surface area (TPSA) is 131 Å². The monoisotopic (exact) mass is 621 g/mol. The molecule has 10 nitrogen and oxygen atoms in total. The van der Waals surface area contributed by atoms with Crippen LogP contribution in [0.25, 0.3) is 0 Å². The van der Waals surface area contributed by atoms with Crippen LogP contribution in [0.3, 0.4) is 0 Å². The molecule has 3 saturated carbocycles. The molecule has 3 fully saturated rings. The van der Waals surface area contributed by atoms with Gasteiger partial charge in [0.25, 0.3) is 5.91 Å². The van der Waals surface area contributed by atoms with Crippen molar-refractivity contribution in [2.75, 3.05) is 30.8 Å². The first-order chi connectivity index (χ1) is 21.3. The summed E-state index contributed by atoms with van der Waals surface area (Å²) in [5.41, 5.74) is 1.45. The number of carbonyl (C=O) groups excluding carboxylic acids is 2. The number of pyridine rings is 1. The van der Waals surface area contributed by atoms with Gasteiger partial charge in [0.05, 0.1) is 35.6 Å². The number of hydrogen-bond donors (Lipinski definition) is 5. The Morgan fingerprint density at radius 2 is 1.91 bits per heavy atom. The number of nitrogens with zero attached hydrogens (tertiary/aromatic N) is 3. The van der Waals surface area contributed by atoms with Crippen LogP contribution in [0.5, 0.6) is 0 Å². The fourth-order valence-corrected chi connectivity index (χ4v) is 6.85. The van der Waals surface area contributed by atoms with Crippen molar-refractivity contribution in [2.24, 2.45) is 4.99 Å². The fourth-order valence-electron chi connectivity index (χ4n) is 6.85. The third-order valence-electron chi connectivity index (χ3n) is 9.83. The number of anilines is 3. The number of aliphatic imine (C=N–C) groups is 1. The van der Waals surface area contributed by atoms with E-state index >= 15 is 0 Å². The Morgan fingerprint density at radius 3 is 2.53 bits per heavy atom. The lowest BCUT2D eigenvalue weighted by Gasteiger charge is -2.35. The number of nitrogens with one attached hydrogen (secondary N) is 4. The van der Waals surface area contributed by atoms with E-state index in [1.165, 1.54) is 26.5 Å². The van der Waals surface area contributed by atoms with Crippen LogP contribution in [0.15, 0.2) is 35.5 Å². The van der Waals surface area contributed by atoms with Crippen LogP contribution in [0.2, 0.25) is 0 Å². The molecule has 0 saturated heterocycles. The summed E-state index contributed by atoms with van der Waals surface area (Å²) >= 11 is 0. The van der Waals surface area contributed by atoms with E-state index in [1.54, 1.807) is 6.21 Å². The first-order valence-corrected chi connectivity index (χ1v) is 16.1. The van der Waals surface area contributed by atoms with Crippen LogP contribution in [0.1, 0.15) is 88.1 Å².